The second kappa shape index (κ2) is 3.89. The van der Waals surface area contributed by atoms with Crippen LogP contribution in [0.2, 0.25) is 0 Å². The second-order valence-electron chi connectivity index (χ2n) is 2.14. The van der Waals surface area contributed by atoms with E-state index in [0.717, 1.165) is 0 Å². The maximum Gasteiger partial charge on any atom is 0.425 e. The summed E-state index contributed by atoms with van der Waals surface area (Å²) < 4.78 is 74.6. The van der Waals surface area contributed by atoms with Gasteiger partial charge in [-0.1, -0.05) is 6.58 Å². The lowest BCUT2D eigenvalue weighted by molar-refractivity contribution is -0.252. The summed E-state index contributed by atoms with van der Waals surface area (Å²) in [6.45, 7) is 1.14. The fourth-order valence-electron chi connectivity index (χ4n) is 0.483. The van der Waals surface area contributed by atoms with Gasteiger partial charge in [0.15, 0.2) is 6.61 Å². The lowest BCUT2D eigenvalue weighted by Gasteiger charge is -2.21. The van der Waals surface area contributed by atoms with Gasteiger partial charge in [0.1, 0.15) is 0 Å². The minimum atomic E-state index is -5.59. The van der Waals surface area contributed by atoms with Crippen LogP contribution >= 0.6 is 0 Å². The van der Waals surface area contributed by atoms with Crippen LogP contribution in [0.25, 0.3) is 0 Å². The van der Waals surface area contributed by atoms with Gasteiger partial charge in [-0.05, 0) is 0 Å². The SMILES string of the molecule is C=COCC(F)(F)[C@H](F)C(F)(F)F. The Bertz CT molecular complexity index is 174. The minimum Gasteiger partial charge on any atom is -0.495 e. The molecule has 0 spiro atoms. The molecule has 0 aromatic heterocycles. The van der Waals surface area contributed by atoms with Gasteiger partial charge in [-0.15, -0.1) is 0 Å². The van der Waals surface area contributed by atoms with E-state index in [1.807, 2.05) is 0 Å². The van der Waals surface area contributed by atoms with E-state index in [1.54, 1.807) is 0 Å². The van der Waals surface area contributed by atoms with Crippen molar-refractivity contribution in [2.75, 3.05) is 6.61 Å². The van der Waals surface area contributed by atoms with Crippen molar-refractivity contribution in [3.63, 3.8) is 0 Å². The quantitative estimate of drug-likeness (QED) is 0.509. The highest BCUT2D eigenvalue weighted by molar-refractivity contribution is 4.83. The highest BCUT2D eigenvalue weighted by Crippen LogP contribution is 2.34. The van der Waals surface area contributed by atoms with Crippen molar-refractivity contribution in [2.45, 2.75) is 18.3 Å². The predicted molar refractivity (Wildman–Crippen MR) is 32.0 cm³/mol. The van der Waals surface area contributed by atoms with E-state index in [0.29, 0.717) is 6.26 Å². The largest absolute Gasteiger partial charge is 0.495 e. The van der Waals surface area contributed by atoms with Crippen LogP contribution < -0.4 is 0 Å². The second-order valence-corrected chi connectivity index (χ2v) is 2.14. The molecule has 13 heavy (non-hydrogen) atoms. The van der Waals surface area contributed by atoms with Gasteiger partial charge in [-0.3, -0.25) is 0 Å². The molecule has 0 fully saturated rings. The average Bonchev–Trinajstić information content (AvgIpc) is 1.98. The van der Waals surface area contributed by atoms with Gasteiger partial charge in [0.2, 0.25) is 0 Å². The summed E-state index contributed by atoms with van der Waals surface area (Å²) >= 11 is 0. The molecule has 7 heteroatoms. The van der Waals surface area contributed by atoms with Crippen LogP contribution in [0.1, 0.15) is 0 Å². The summed E-state index contributed by atoms with van der Waals surface area (Å²) in [5.41, 5.74) is 0. The number of ether oxygens (including phenoxy) is 1. The van der Waals surface area contributed by atoms with Gasteiger partial charge < -0.3 is 4.74 Å². The number of rotatable bonds is 4. The first kappa shape index (κ1) is 12.1. The van der Waals surface area contributed by atoms with Crippen molar-refractivity contribution in [2.24, 2.45) is 0 Å². The summed E-state index contributed by atoms with van der Waals surface area (Å²) in [7, 11) is 0. The Kier molecular flexibility index (Phi) is 3.62. The zero-order valence-electron chi connectivity index (χ0n) is 6.24. The lowest BCUT2D eigenvalue weighted by atomic mass is 10.2. The number of hydrogen-bond donors (Lipinski definition) is 0. The lowest BCUT2D eigenvalue weighted by Crippen LogP contribution is -2.44. The molecule has 0 unspecified atom stereocenters. The van der Waals surface area contributed by atoms with Gasteiger partial charge in [-0.2, -0.15) is 22.0 Å². The molecule has 1 atom stereocenters. The fraction of sp³-hybridized carbons (Fsp3) is 0.667. The van der Waals surface area contributed by atoms with Crippen LogP contribution in [0.4, 0.5) is 26.3 Å². The molecular weight excluding hydrogens is 202 g/mol. The van der Waals surface area contributed by atoms with Crippen molar-refractivity contribution in [1.82, 2.24) is 0 Å². The van der Waals surface area contributed by atoms with Crippen molar-refractivity contribution >= 4 is 0 Å². The molecule has 0 bridgehead atoms. The topological polar surface area (TPSA) is 9.23 Å². The van der Waals surface area contributed by atoms with E-state index in [1.165, 1.54) is 0 Å². The maximum absolute atomic E-state index is 12.2. The summed E-state index contributed by atoms with van der Waals surface area (Å²) in [4.78, 5) is 0. The predicted octanol–water partition coefficient (Wildman–Crippen LogP) is 2.68. The summed E-state index contributed by atoms with van der Waals surface area (Å²) in [5.74, 6) is -4.59. The Morgan fingerprint density at radius 1 is 1.23 bits per heavy atom. The van der Waals surface area contributed by atoms with Crippen LogP contribution in [0.3, 0.4) is 0 Å². The molecule has 0 saturated carbocycles. The van der Waals surface area contributed by atoms with E-state index in [4.69, 9.17) is 0 Å². The smallest absolute Gasteiger partial charge is 0.425 e. The van der Waals surface area contributed by atoms with E-state index in [9.17, 15) is 26.3 Å². The molecule has 78 valence electrons. The van der Waals surface area contributed by atoms with Crippen LogP contribution in [0.15, 0.2) is 12.8 Å². The van der Waals surface area contributed by atoms with Crippen molar-refractivity contribution in [3.8, 4) is 0 Å². The van der Waals surface area contributed by atoms with Gasteiger partial charge in [0, 0.05) is 0 Å². The highest BCUT2D eigenvalue weighted by atomic mass is 19.4. The molecule has 0 aliphatic carbocycles. The van der Waals surface area contributed by atoms with Gasteiger partial charge in [-0.25, -0.2) is 4.39 Å². The molecule has 0 saturated heterocycles. The first-order valence-corrected chi connectivity index (χ1v) is 3.03. The van der Waals surface area contributed by atoms with E-state index in [-0.39, 0.29) is 0 Å². The Labute approximate surface area is 70.0 Å². The summed E-state index contributed by atoms with van der Waals surface area (Å²) in [6.07, 6.45) is -9.30. The Balaban J connectivity index is 4.34. The standard InChI is InChI=1S/C6H6F6O/c1-2-13-3-5(8,9)4(7)6(10,11)12/h2,4H,1,3H2/t4-/m0/s1. The minimum absolute atomic E-state index is 0.511. The van der Waals surface area contributed by atoms with Crippen LogP contribution in [0, 0.1) is 0 Å². The number of alkyl halides is 6. The van der Waals surface area contributed by atoms with Crippen LogP contribution in [0.5, 0.6) is 0 Å². The Morgan fingerprint density at radius 2 is 1.69 bits per heavy atom. The number of halogens is 6. The summed E-state index contributed by atoms with van der Waals surface area (Å²) in [5, 5.41) is 0. The molecule has 0 N–H and O–H groups in total. The van der Waals surface area contributed by atoms with Crippen molar-refractivity contribution < 1.29 is 31.1 Å². The van der Waals surface area contributed by atoms with Gasteiger partial charge in [0.05, 0.1) is 6.26 Å². The van der Waals surface area contributed by atoms with E-state index < -0.39 is 24.9 Å². The summed E-state index contributed by atoms with van der Waals surface area (Å²) in [6, 6.07) is 0. The van der Waals surface area contributed by atoms with E-state index in [2.05, 4.69) is 11.3 Å². The third-order valence-electron chi connectivity index (χ3n) is 1.05. The molecule has 0 aromatic rings. The number of hydrogen-bond acceptors (Lipinski definition) is 1. The highest BCUT2D eigenvalue weighted by Gasteiger charge is 2.57. The third-order valence-corrected chi connectivity index (χ3v) is 1.05. The fourth-order valence-corrected chi connectivity index (χ4v) is 0.483. The molecule has 0 aromatic carbocycles. The Hall–Kier alpha value is -0.880. The molecule has 0 radical (unpaired) electrons. The van der Waals surface area contributed by atoms with Crippen LogP contribution in [-0.4, -0.2) is 24.9 Å². The molecule has 0 aliphatic rings. The average molecular weight is 208 g/mol. The molecule has 1 nitrogen and oxygen atoms in total. The Morgan fingerprint density at radius 3 is 2.00 bits per heavy atom. The normalized spacial score (nSPS) is 15.2. The maximum atomic E-state index is 12.2. The molecule has 0 aliphatic heterocycles. The first-order chi connectivity index (χ1) is 5.72. The first-order valence-electron chi connectivity index (χ1n) is 3.03. The van der Waals surface area contributed by atoms with Crippen molar-refractivity contribution in [3.05, 3.63) is 12.8 Å². The van der Waals surface area contributed by atoms with Crippen molar-refractivity contribution in [1.29, 1.82) is 0 Å². The van der Waals surface area contributed by atoms with Gasteiger partial charge >= 0.3 is 12.1 Å². The molecule has 0 heterocycles. The third kappa shape index (κ3) is 3.56. The molecule has 0 rings (SSSR count). The van der Waals surface area contributed by atoms with Gasteiger partial charge in [0.25, 0.3) is 6.17 Å². The monoisotopic (exact) mass is 208 g/mol. The zero-order chi connectivity index (χ0) is 10.7. The zero-order valence-corrected chi connectivity index (χ0v) is 6.24. The van der Waals surface area contributed by atoms with Crippen LogP contribution in [-0.2, 0) is 4.74 Å². The molecule has 0 amide bonds. The van der Waals surface area contributed by atoms with E-state index >= 15 is 0 Å². The molecular formula is C6H6F6O.